The second kappa shape index (κ2) is 8.29. The lowest BCUT2D eigenvalue weighted by Crippen LogP contribution is -2.33. The molecule has 1 fully saturated rings. The van der Waals surface area contributed by atoms with E-state index in [0.29, 0.717) is 13.1 Å². The van der Waals surface area contributed by atoms with Gasteiger partial charge >= 0.3 is 0 Å². The molecule has 136 valence electrons. The van der Waals surface area contributed by atoms with Crippen LogP contribution >= 0.6 is 35.0 Å². The van der Waals surface area contributed by atoms with Crippen LogP contribution in [0, 0.1) is 10.1 Å². The molecule has 8 heteroatoms. The molecule has 3 rings (SSSR count). The molecule has 26 heavy (non-hydrogen) atoms. The number of hydrogen-bond donors (Lipinski definition) is 0. The van der Waals surface area contributed by atoms with Crippen molar-refractivity contribution in [2.24, 2.45) is 0 Å². The highest BCUT2D eigenvalue weighted by Crippen LogP contribution is 2.38. The van der Waals surface area contributed by atoms with E-state index in [0.717, 1.165) is 22.8 Å². The summed E-state index contributed by atoms with van der Waals surface area (Å²) in [4.78, 5) is 25.0. The molecule has 0 aliphatic carbocycles. The predicted molar refractivity (Wildman–Crippen MR) is 105 cm³/mol. The number of carbonyl (C=O) groups is 1. The van der Waals surface area contributed by atoms with Crippen molar-refractivity contribution in [3.8, 4) is 0 Å². The van der Waals surface area contributed by atoms with E-state index in [1.165, 1.54) is 18.2 Å². The van der Waals surface area contributed by atoms with Crippen LogP contribution in [0.5, 0.6) is 0 Å². The highest BCUT2D eigenvalue weighted by atomic mass is 35.5. The molecule has 1 unspecified atom stereocenters. The summed E-state index contributed by atoms with van der Waals surface area (Å²) in [5.74, 6) is 0.558. The molecule has 1 heterocycles. The van der Waals surface area contributed by atoms with Gasteiger partial charge in [-0.15, -0.1) is 0 Å². The Morgan fingerprint density at radius 2 is 1.92 bits per heavy atom. The summed E-state index contributed by atoms with van der Waals surface area (Å²) in [5.41, 5.74) is 1.11. The maximum atomic E-state index is 12.8. The van der Waals surface area contributed by atoms with Crippen LogP contribution in [0.25, 0.3) is 0 Å². The molecule has 0 spiro atoms. The quantitative estimate of drug-likeness (QED) is 0.513. The number of carbonyl (C=O) groups excluding carboxylic acids is 1. The first-order chi connectivity index (χ1) is 12.5. The molecule has 1 amide bonds. The molecule has 2 aromatic rings. The molecule has 0 saturated carbocycles. The van der Waals surface area contributed by atoms with E-state index in [-0.39, 0.29) is 27.4 Å². The number of hydrogen-bond acceptors (Lipinski definition) is 4. The molecule has 0 aromatic heterocycles. The van der Waals surface area contributed by atoms with Crippen LogP contribution < -0.4 is 0 Å². The zero-order chi connectivity index (χ0) is 18.7. The zero-order valence-electron chi connectivity index (χ0n) is 13.7. The summed E-state index contributed by atoms with van der Waals surface area (Å²) < 4.78 is 0. The van der Waals surface area contributed by atoms with Crippen LogP contribution in [-0.2, 0) is 0 Å². The highest BCUT2D eigenvalue weighted by Gasteiger charge is 2.25. The van der Waals surface area contributed by atoms with Crippen molar-refractivity contribution in [3.63, 3.8) is 0 Å². The Labute approximate surface area is 165 Å². The molecule has 0 radical (unpaired) electrons. The SMILES string of the molecule is O=C(c1ccc(Cl)c([N+](=O)[O-])c1)N1CCSC(c2ccccc2Cl)CC1. The van der Waals surface area contributed by atoms with Gasteiger partial charge in [-0.3, -0.25) is 14.9 Å². The van der Waals surface area contributed by atoms with Crippen LogP contribution in [0.15, 0.2) is 42.5 Å². The largest absolute Gasteiger partial charge is 0.338 e. The Kier molecular flexibility index (Phi) is 6.06. The minimum absolute atomic E-state index is 0.0248. The lowest BCUT2D eigenvalue weighted by molar-refractivity contribution is -0.384. The standard InChI is InChI=1S/C18H16Cl2N2O3S/c19-14-4-2-1-3-13(14)17-7-8-21(9-10-26-17)18(23)12-5-6-15(20)16(11-12)22(24)25/h1-6,11,17H,7-10H2. The summed E-state index contributed by atoms with van der Waals surface area (Å²) in [6.07, 6.45) is 0.774. The van der Waals surface area contributed by atoms with Gasteiger partial charge in [0.25, 0.3) is 11.6 Å². The molecular weight excluding hydrogens is 395 g/mol. The zero-order valence-corrected chi connectivity index (χ0v) is 16.1. The lowest BCUT2D eigenvalue weighted by Gasteiger charge is -2.20. The molecule has 0 bridgehead atoms. The predicted octanol–water partition coefficient (Wildman–Crippen LogP) is 5.22. The van der Waals surface area contributed by atoms with Crippen molar-refractivity contribution in [1.29, 1.82) is 0 Å². The Bertz CT molecular complexity index is 847. The van der Waals surface area contributed by atoms with Crippen molar-refractivity contribution in [2.45, 2.75) is 11.7 Å². The molecule has 5 nitrogen and oxygen atoms in total. The monoisotopic (exact) mass is 410 g/mol. The van der Waals surface area contributed by atoms with E-state index in [2.05, 4.69) is 0 Å². The number of rotatable bonds is 3. The van der Waals surface area contributed by atoms with E-state index < -0.39 is 4.92 Å². The van der Waals surface area contributed by atoms with E-state index in [1.54, 1.807) is 16.7 Å². The minimum Gasteiger partial charge on any atom is -0.338 e. The average molecular weight is 411 g/mol. The van der Waals surface area contributed by atoms with Gasteiger partial charge in [-0.1, -0.05) is 41.4 Å². The molecule has 1 aliphatic heterocycles. The second-order valence-corrected chi connectivity index (χ2v) is 8.01. The first kappa shape index (κ1) is 19.0. The average Bonchev–Trinajstić information content (AvgIpc) is 2.88. The number of thioether (sulfide) groups is 1. The molecule has 1 atom stereocenters. The normalized spacial score (nSPS) is 17.6. The van der Waals surface area contributed by atoms with Crippen LogP contribution in [0.2, 0.25) is 10.0 Å². The number of benzene rings is 2. The van der Waals surface area contributed by atoms with Crippen molar-refractivity contribution < 1.29 is 9.72 Å². The topological polar surface area (TPSA) is 63.4 Å². The summed E-state index contributed by atoms with van der Waals surface area (Å²) in [5, 5.41) is 12.0. The van der Waals surface area contributed by atoms with Gasteiger partial charge in [0.2, 0.25) is 0 Å². The van der Waals surface area contributed by atoms with Crippen LogP contribution in [0.4, 0.5) is 5.69 Å². The van der Waals surface area contributed by atoms with E-state index in [1.807, 2.05) is 24.3 Å². The Morgan fingerprint density at radius 3 is 2.65 bits per heavy atom. The van der Waals surface area contributed by atoms with Crippen LogP contribution in [-0.4, -0.2) is 34.6 Å². The van der Waals surface area contributed by atoms with Gasteiger partial charge < -0.3 is 4.90 Å². The third-order valence-electron chi connectivity index (χ3n) is 4.27. The molecule has 1 saturated heterocycles. The molecule has 2 aromatic carbocycles. The molecular formula is C18H16Cl2N2O3S. The minimum atomic E-state index is -0.579. The summed E-state index contributed by atoms with van der Waals surface area (Å²) in [6.45, 7) is 1.15. The van der Waals surface area contributed by atoms with Crippen LogP contribution in [0.3, 0.4) is 0 Å². The van der Waals surface area contributed by atoms with E-state index in [4.69, 9.17) is 23.2 Å². The van der Waals surface area contributed by atoms with Crippen molar-refractivity contribution >= 4 is 46.6 Å². The Hall–Kier alpha value is -1.76. The molecule has 1 aliphatic rings. The maximum absolute atomic E-state index is 12.8. The number of nitrogens with zero attached hydrogens (tertiary/aromatic N) is 2. The Morgan fingerprint density at radius 1 is 1.15 bits per heavy atom. The summed E-state index contributed by atoms with van der Waals surface area (Å²) in [6, 6.07) is 11.9. The van der Waals surface area contributed by atoms with E-state index >= 15 is 0 Å². The Balaban J connectivity index is 1.75. The van der Waals surface area contributed by atoms with Gasteiger partial charge in [0.15, 0.2) is 0 Å². The number of halogens is 2. The van der Waals surface area contributed by atoms with E-state index in [9.17, 15) is 14.9 Å². The molecule has 0 N–H and O–H groups in total. The van der Waals surface area contributed by atoms with Gasteiger partial charge in [0, 0.05) is 40.7 Å². The third kappa shape index (κ3) is 4.14. The van der Waals surface area contributed by atoms with Gasteiger partial charge in [-0.25, -0.2) is 0 Å². The number of nitro benzene ring substituents is 1. The summed E-state index contributed by atoms with van der Waals surface area (Å²) in [7, 11) is 0. The smallest absolute Gasteiger partial charge is 0.288 e. The van der Waals surface area contributed by atoms with Gasteiger partial charge in [0.1, 0.15) is 5.02 Å². The maximum Gasteiger partial charge on any atom is 0.288 e. The third-order valence-corrected chi connectivity index (χ3v) is 6.24. The van der Waals surface area contributed by atoms with Gasteiger partial charge in [-0.05, 0) is 30.2 Å². The first-order valence-electron chi connectivity index (χ1n) is 8.06. The first-order valence-corrected chi connectivity index (χ1v) is 9.87. The van der Waals surface area contributed by atoms with Gasteiger partial charge in [-0.2, -0.15) is 11.8 Å². The van der Waals surface area contributed by atoms with Crippen molar-refractivity contribution in [1.82, 2.24) is 4.90 Å². The second-order valence-electron chi connectivity index (χ2n) is 5.89. The fraction of sp³-hybridized carbons (Fsp3) is 0.278. The van der Waals surface area contributed by atoms with Crippen molar-refractivity contribution in [2.75, 3.05) is 18.8 Å². The van der Waals surface area contributed by atoms with Gasteiger partial charge in [0.05, 0.1) is 4.92 Å². The number of nitro groups is 1. The number of amides is 1. The fourth-order valence-corrected chi connectivity index (χ4v) is 4.71. The highest BCUT2D eigenvalue weighted by molar-refractivity contribution is 7.99. The fourth-order valence-electron chi connectivity index (χ4n) is 2.93. The summed E-state index contributed by atoms with van der Waals surface area (Å²) >= 11 is 13.9. The lowest BCUT2D eigenvalue weighted by atomic mass is 10.1. The van der Waals surface area contributed by atoms with Crippen LogP contribution in [0.1, 0.15) is 27.6 Å². The van der Waals surface area contributed by atoms with Crippen molar-refractivity contribution in [3.05, 3.63) is 73.8 Å².